The maximum atomic E-state index is 13.5. The molecule has 2 heterocycles. The molecule has 1 aliphatic carbocycles. The number of nitrogens with zero attached hydrogens (tertiary/aromatic N) is 3. The molecule has 1 fully saturated rings. The van der Waals surface area contributed by atoms with Gasteiger partial charge in [0.1, 0.15) is 17.6 Å². The van der Waals surface area contributed by atoms with Gasteiger partial charge in [0.25, 0.3) is 0 Å². The van der Waals surface area contributed by atoms with Crippen LogP contribution in [0.4, 0.5) is 16.3 Å². The van der Waals surface area contributed by atoms with E-state index in [0.29, 0.717) is 12.1 Å². The van der Waals surface area contributed by atoms with Crippen LogP contribution in [0.15, 0.2) is 95.7 Å². The van der Waals surface area contributed by atoms with Gasteiger partial charge in [-0.1, -0.05) is 30.3 Å². The molecule has 2 N–H and O–H groups in total. The highest BCUT2D eigenvalue weighted by Gasteiger charge is 2.30. The second-order valence-corrected chi connectivity index (χ2v) is 9.23. The number of anilines is 2. The lowest BCUT2D eigenvalue weighted by atomic mass is 9.89. The number of furan rings is 1. The minimum Gasteiger partial charge on any atom is -0.464 e. The van der Waals surface area contributed by atoms with E-state index in [1.54, 1.807) is 18.5 Å². The van der Waals surface area contributed by atoms with Crippen LogP contribution in [0.1, 0.15) is 36.8 Å². The van der Waals surface area contributed by atoms with E-state index in [1.165, 1.54) is 0 Å². The summed E-state index contributed by atoms with van der Waals surface area (Å²) in [6.45, 7) is 0.474. The fourth-order valence-electron chi connectivity index (χ4n) is 4.81. The first-order valence-electron chi connectivity index (χ1n) is 12.6. The number of nitriles is 1. The highest BCUT2D eigenvalue weighted by Crippen LogP contribution is 2.31. The number of hydrogen-bond donors (Lipinski definition) is 2. The Kier molecular flexibility index (Phi) is 7.47. The van der Waals surface area contributed by atoms with Gasteiger partial charge in [0.05, 0.1) is 11.8 Å². The van der Waals surface area contributed by atoms with Crippen molar-refractivity contribution in [1.82, 2.24) is 10.3 Å². The Morgan fingerprint density at radius 1 is 0.973 bits per heavy atom. The van der Waals surface area contributed by atoms with Gasteiger partial charge in [0.2, 0.25) is 0 Å². The van der Waals surface area contributed by atoms with Crippen molar-refractivity contribution in [1.29, 1.82) is 5.26 Å². The predicted molar refractivity (Wildman–Crippen MR) is 144 cm³/mol. The molecule has 2 aromatic heterocycles. The Hall–Kier alpha value is -4.57. The molecule has 4 aromatic rings. The SMILES string of the molecule is N#Cc1ccc(N[C@H]2CC[C@H](N(C(=O)NCc3ccccc3)c3ccc(-c4ccco4)cc3)CC2)nc1. The maximum Gasteiger partial charge on any atom is 0.322 e. The molecule has 186 valence electrons. The minimum absolute atomic E-state index is 0.0808. The van der Waals surface area contributed by atoms with Crippen LogP contribution >= 0.6 is 0 Å². The van der Waals surface area contributed by atoms with Crippen LogP contribution in [0.5, 0.6) is 0 Å². The Labute approximate surface area is 216 Å². The second-order valence-electron chi connectivity index (χ2n) is 9.23. The molecule has 37 heavy (non-hydrogen) atoms. The van der Waals surface area contributed by atoms with Gasteiger partial charge in [0, 0.05) is 36.1 Å². The number of amides is 2. The lowest BCUT2D eigenvalue weighted by Gasteiger charge is -2.37. The van der Waals surface area contributed by atoms with E-state index in [4.69, 9.17) is 9.68 Å². The number of carbonyl (C=O) groups excluding carboxylic acids is 1. The summed E-state index contributed by atoms with van der Waals surface area (Å²) in [7, 11) is 0. The van der Waals surface area contributed by atoms with Crippen LogP contribution in [-0.4, -0.2) is 23.1 Å². The lowest BCUT2D eigenvalue weighted by Crippen LogP contribution is -2.48. The molecule has 0 unspecified atom stereocenters. The number of hydrogen-bond acceptors (Lipinski definition) is 5. The summed E-state index contributed by atoms with van der Waals surface area (Å²) in [6.07, 6.45) is 6.81. The number of rotatable bonds is 7. The number of benzene rings is 2. The third kappa shape index (κ3) is 5.99. The molecule has 7 nitrogen and oxygen atoms in total. The Bertz CT molecular complexity index is 1320. The van der Waals surface area contributed by atoms with Gasteiger partial charge < -0.3 is 15.1 Å². The maximum absolute atomic E-state index is 13.5. The summed E-state index contributed by atoms with van der Waals surface area (Å²) in [6, 6.07) is 27.7. The van der Waals surface area contributed by atoms with Gasteiger partial charge in [-0.05, 0) is 79.8 Å². The molecule has 1 saturated carbocycles. The van der Waals surface area contributed by atoms with Crippen molar-refractivity contribution >= 4 is 17.5 Å². The molecular formula is C30H29N5O2. The van der Waals surface area contributed by atoms with Crippen molar-refractivity contribution in [2.45, 2.75) is 44.3 Å². The van der Waals surface area contributed by atoms with Gasteiger partial charge in [-0.3, -0.25) is 4.90 Å². The molecule has 0 atom stereocenters. The summed E-state index contributed by atoms with van der Waals surface area (Å²) in [5, 5.41) is 15.6. The molecule has 0 spiro atoms. The van der Waals surface area contributed by atoms with Crippen LogP contribution in [0, 0.1) is 11.3 Å². The molecule has 2 aromatic carbocycles. The van der Waals surface area contributed by atoms with Crippen molar-refractivity contribution in [3.05, 3.63) is 102 Å². The quantitative estimate of drug-likeness (QED) is 0.314. The van der Waals surface area contributed by atoms with Crippen LogP contribution in [-0.2, 0) is 6.54 Å². The van der Waals surface area contributed by atoms with Gasteiger partial charge in [-0.25, -0.2) is 9.78 Å². The predicted octanol–water partition coefficient (Wildman–Crippen LogP) is 6.35. The van der Waals surface area contributed by atoms with Gasteiger partial charge in [0.15, 0.2) is 0 Å². The van der Waals surface area contributed by atoms with Crippen LogP contribution in [0.2, 0.25) is 0 Å². The van der Waals surface area contributed by atoms with Crippen molar-refractivity contribution in [2.24, 2.45) is 0 Å². The molecular weight excluding hydrogens is 462 g/mol. The van der Waals surface area contributed by atoms with E-state index in [9.17, 15) is 4.79 Å². The van der Waals surface area contributed by atoms with Crippen LogP contribution in [0.3, 0.4) is 0 Å². The molecule has 7 heteroatoms. The molecule has 5 rings (SSSR count). The normalized spacial score (nSPS) is 16.9. The van der Waals surface area contributed by atoms with E-state index >= 15 is 0 Å². The lowest BCUT2D eigenvalue weighted by molar-refractivity contribution is 0.240. The highest BCUT2D eigenvalue weighted by molar-refractivity contribution is 5.93. The van der Waals surface area contributed by atoms with Gasteiger partial charge >= 0.3 is 6.03 Å². The Morgan fingerprint density at radius 2 is 1.76 bits per heavy atom. The van der Waals surface area contributed by atoms with Gasteiger partial charge in [-0.15, -0.1) is 0 Å². The highest BCUT2D eigenvalue weighted by atomic mass is 16.3. The average Bonchev–Trinajstić information content (AvgIpc) is 3.50. The molecule has 0 radical (unpaired) electrons. The third-order valence-electron chi connectivity index (χ3n) is 6.76. The van der Waals surface area contributed by atoms with Crippen LogP contribution < -0.4 is 15.5 Å². The fourth-order valence-corrected chi connectivity index (χ4v) is 4.81. The smallest absolute Gasteiger partial charge is 0.322 e. The van der Waals surface area contributed by atoms with Crippen molar-refractivity contribution in [3.8, 4) is 17.4 Å². The van der Waals surface area contributed by atoms with E-state index in [0.717, 1.165) is 54.1 Å². The van der Waals surface area contributed by atoms with Crippen LogP contribution in [0.25, 0.3) is 11.3 Å². The monoisotopic (exact) mass is 491 g/mol. The number of nitrogens with one attached hydrogen (secondary N) is 2. The average molecular weight is 492 g/mol. The largest absolute Gasteiger partial charge is 0.464 e. The summed E-state index contributed by atoms with van der Waals surface area (Å²) in [5.41, 5.74) is 3.45. The van der Waals surface area contributed by atoms with E-state index < -0.39 is 0 Å². The van der Waals surface area contributed by atoms with E-state index in [-0.39, 0.29) is 18.1 Å². The number of urea groups is 1. The van der Waals surface area contributed by atoms with E-state index in [1.807, 2.05) is 77.7 Å². The first-order valence-corrected chi connectivity index (χ1v) is 12.6. The zero-order chi connectivity index (χ0) is 25.5. The Morgan fingerprint density at radius 3 is 2.41 bits per heavy atom. The van der Waals surface area contributed by atoms with Crippen molar-refractivity contribution < 1.29 is 9.21 Å². The standard InChI is InChI=1S/C30H29N5O2/c31-19-23-8-17-29(32-21-23)34-25-11-15-27(16-12-25)35(30(36)33-20-22-5-2-1-3-6-22)26-13-9-24(10-14-26)28-7-4-18-37-28/h1-10,13-14,17-18,21,25,27H,11-12,15-16,20H2,(H,32,34)(H,33,36)/t25-,27-. The first kappa shape index (κ1) is 24.1. The molecule has 0 aliphatic heterocycles. The number of carbonyl (C=O) groups is 1. The topological polar surface area (TPSA) is 94.2 Å². The van der Waals surface area contributed by atoms with Gasteiger partial charge in [-0.2, -0.15) is 5.26 Å². The summed E-state index contributed by atoms with van der Waals surface area (Å²) >= 11 is 0. The molecule has 0 saturated heterocycles. The van der Waals surface area contributed by atoms with Crippen molar-refractivity contribution in [3.63, 3.8) is 0 Å². The zero-order valence-corrected chi connectivity index (χ0v) is 20.5. The van der Waals surface area contributed by atoms with Crippen molar-refractivity contribution in [2.75, 3.05) is 10.2 Å². The number of aromatic nitrogens is 1. The second kappa shape index (κ2) is 11.4. The summed E-state index contributed by atoms with van der Waals surface area (Å²) in [5.74, 6) is 1.57. The fraction of sp³-hybridized carbons (Fsp3) is 0.233. The summed E-state index contributed by atoms with van der Waals surface area (Å²) in [4.78, 5) is 19.8. The zero-order valence-electron chi connectivity index (χ0n) is 20.5. The minimum atomic E-state index is -0.0974. The molecule has 1 aliphatic rings. The van der Waals surface area contributed by atoms with E-state index in [2.05, 4.69) is 21.7 Å². The third-order valence-corrected chi connectivity index (χ3v) is 6.76. The number of pyridine rings is 1. The Balaban J connectivity index is 1.28. The molecule has 0 bridgehead atoms. The summed E-state index contributed by atoms with van der Waals surface area (Å²) < 4.78 is 5.52. The first-order chi connectivity index (χ1) is 18.2. The molecule has 2 amide bonds.